The first-order chi connectivity index (χ1) is 9.74. The van der Waals surface area contributed by atoms with E-state index in [1.807, 2.05) is 19.1 Å². The summed E-state index contributed by atoms with van der Waals surface area (Å²) in [6.07, 6.45) is 5.12. The second-order valence-electron chi connectivity index (χ2n) is 4.77. The van der Waals surface area contributed by atoms with E-state index >= 15 is 0 Å². The number of benzene rings is 1. The Kier molecular flexibility index (Phi) is 4.73. The summed E-state index contributed by atoms with van der Waals surface area (Å²) < 4.78 is 5.71. The smallest absolute Gasteiger partial charge is 0.237 e. The van der Waals surface area contributed by atoms with Gasteiger partial charge in [0, 0.05) is 6.20 Å². The van der Waals surface area contributed by atoms with E-state index in [9.17, 15) is 0 Å². The van der Waals surface area contributed by atoms with Gasteiger partial charge in [0.1, 0.15) is 17.4 Å². The number of nitriles is 1. The molecule has 1 aromatic heterocycles. The van der Waals surface area contributed by atoms with Crippen LogP contribution in [-0.4, -0.2) is 4.98 Å². The monoisotopic (exact) mass is 266 g/mol. The number of hydrogen-bond acceptors (Lipinski definition) is 3. The molecule has 0 unspecified atom stereocenters. The molecule has 102 valence electrons. The molecule has 3 nitrogen and oxygen atoms in total. The topological polar surface area (TPSA) is 45.9 Å². The van der Waals surface area contributed by atoms with Gasteiger partial charge in [-0.1, -0.05) is 25.5 Å². The van der Waals surface area contributed by atoms with Crippen molar-refractivity contribution in [3.8, 4) is 17.7 Å². The van der Waals surface area contributed by atoms with Gasteiger partial charge < -0.3 is 4.74 Å². The average Bonchev–Trinajstić information content (AvgIpc) is 2.47. The van der Waals surface area contributed by atoms with E-state index < -0.39 is 0 Å². The van der Waals surface area contributed by atoms with Gasteiger partial charge in [-0.2, -0.15) is 5.26 Å². The van der Waals surface area contributed by atoms with Crippen LogP contribution < -0.4 is 4.74 Å². The summed E-state index contributed by atoms with van der Waals surface area (Å²) in [7, 11) is 0. The van der Waals surface area contributed by atoms with Crippen molar-refractivity contribution in [1.29, 1.82) is 5.26 Å². The quantitative estimate of drug-likeness (QED) is 0.806. The van der Waals surface area contributed by atoms with Crippen LogP contribution in [0.5, 0.6) is 11.6 Å². The zero-order chi connectivity index (χ0) is 14.4. The summed E-state index contributed by atoms with van der Waals surface area (Å²) in [6.45, 7) is 4.06. The number of unbranched alkanes of at least 4 members (excludes halogenated alkanes) is 1. The van der Waals surface area contributed by atoms with Crippen LogP contribution in [-0.2, 0) is 6.42 Å². The van der Waals surface area contributed by atoms with Crippen molar-refractivity contribution in [2.24, 2.45) is 0 Å². The molecular weight excluding hydrogens is 248 g/mol. The van der Waals surface area contributed by atoms with Crippen LogP contribution in [0, 0.1) is 18.3 Å². The Morgan fingerprint density at radius 3 is 2.60 bits per heavy atom. The SMILES string of the molecule is CCCCc1ccc(Oc2nccc(C)c2C#N)cc1. The van der Waals surface area contributed by atoms with Crippen LogP contribution in [0.2, 0.25) is 0 Å². The number of aromatic nitrogens is 1. The maximum absolute atomic E-state index is 9.15. The zero-order valence-corrected chi connectivity index (χ0v) is 11.9. The van der Waals surface area contributed by atoms with Crippen LogP contribution in [0.3, 0.4) is 0 Å². The van der Waals surface area contributed by atoms with Crippen molar-refractivity contribution in [2.75, 3.05) is 0 Å². The fourth-order valence-electron chi connectivity index (χ4n) is 1.96. The van der Waals surface area contributed by atoms with E-state index in [0.29, 0.717) is 17.2 Å². The third-order valence-electron chi connectivity index (χ3n) is 3.19. The van der Waals surface area contributed by atoms with Gasteiger partial charge in [0.25, 0.3) is 0 Å². The Balaban J connectivity index is 2.15. The first-order valence-corrected chi connectivity index (χ1v) is 6.87. The van der Waals surface area contributed by atoms with Gasteiger partial charge in [-0.05, 0) is 49.1 Å². The summed E-state index contributed by atoms with van der Waals surface area (Å²) >= 11 is 0. The molecule has 0 radical (unpaired) electrons. The first kappa shape index (κ1) is 14.1. The second-order valence-corrected chi connectivity index (χ2v) is 4.77. The van der Waals surface area contributed by atoms with E-state index in [1.54, 1.807) is 12.3 Å². The van der Waals surface area contributed by atoms with Gasteiger partial charge in [-0.25, -0.2) is 4.98 Å². The first-order valence-electron chi connectivity index (χ1n) is 6.87. The van der Waals surface area contributed by atoms with E-state index in [0.717, 1.165) is 12.0 Å². The lowest BCUT2D eigenvalue weighted by atomic mass is 10.1. The molecular formula is C17H18N2O. The van der Waals surface area contributed by atoms with Crippen LogP contribution in [0.15, 0.2) is 36.5 Å². The third-order valence-corrected chi connectivity index (χ3v) is 3.19. The van der Waals surface area contributed by atoms with E-state index in [4.69, 9.17) is 10.00 Å². The molecule has 0 aliphatic carbocycles. The summed E-state index contributed by atoms with van der Waals surface area (Å²) in [5.74, 6) is 1.08. The van der Waals surface area contributed by atoms with Crippen molar-refractivity contribution in [3.05, 3.63) is 53.2 Å². The number of ether oxygens (including phenoxy) is 1. The molecule has 1 heterocycles. The highest BCUT2D eigenvalue weighted by atomic mass is 16.5. The molecule has 1 aromatic carbocycles. The molecule has 2 rings (SSSR count). The lowest BCUT2D eigenvalue weighted by Crippen LogP contribution is -1.94. The van der Waals surface area contributed by atoms with E-state index in [2.05, 4.69) is 30.1 Å². The molecule has 2 aromatic rings. The Morgan fingerprint density at radius 1 is 1.20 bits per heavy atom. The molecule has 0 spiro atoms. The lowest BCUT2D eigenvalue weighted by molar-refractivity contribution is 0.460. The van der Waals surface area contributed by atoms with Crippen LogP contribution in [0.25, 0.3) is 0 Å². The highest BCUT2D eigenvalue weighted by molar-refractivity contribution is 5.45. The van der Waals surface area contributed by atoms with Crippen molar-refractivity contribution in [3.63, 3.8) is 0 Å². The Labute approximate surface area is 119 Å². The van der Waals surface area contributed by atoms with Crippen molar-refractivity contribution in [2.45, 2.75) is 33.1 Å². The highest BCUT2D eigenvalue weighted by Gasteiger charge is 2.08. The predicted molar refractivity (Wildman–Crippen MR) is 78.8 cm³/mol. The summed E-state index contributed by atoms with van der Waals surface area (Å²) in [5, 5.41) is 9.15. The van der Waals surface area contributed by atoms with Gasteiger partial charge in [-0.15, -0.1) is 0 Å². The van der Waals surface area contributed by atoms with Gasteiger partial charge in [0.2, 0.25) is 5.88 Å². The summed E-state index contributed by atoms with van der Waals surface area (Å²) in [4.78, 5) is 4.13. The molecule has 0 aliphatic rings. The second kappa shape index (κ2) is 6.72. The fourth-order valence-corrected chi connectivity index (χ4v) is 1.96. The van der Waals surface area contributed by atoms with Gasteiger partial charge in [0.05, 0.1) is 0 Å². The van der Waals surface area contributed by atoms with Crippen LogP contribution >= 0.6 is 0 Å². The van der Waals surface area contributed by atoms with E-state index in [1.165, 1.54) is 18.4 Å². The zero-order valence-electron chi connectivity index (χ0n) is 11.9. The van der Waals surface area contributed by atoms with E-state index in [-0.39, 0.29) is 0 Å². The largest absolute Gasteiger partial charge is 0.438 e. The minimum Gasteiger partial charge on any atom is -0.438 e. The van der Waals surface area contributed by atoms with Crippen molar-refractivity contribution < 1.29 is 4.74 Å². The normalized spacial score (nSPS) is 10.1. The maximum Gasteiger partial charge on any atom is 0.237 e. The fraction of sp³-hybridized carbons (Fsp3) is 0.294. The molecule has 3 heteroatoms. The molecule has 0 bridgehead atoms. The maximum atomic E-state index is 9.15. The number of hydrogen-bond donors (Lipinski definition) is 0. The highest BCUT2D eigenvalue weighted by Crippen LogP contribution is 2.25. The predicted octanol–water partition coefficient (Wildman–Crippen LogP) is 4.40. The Morgan fingerprint density at radius 2 is 1.95 bits per heavy atom. The third kappa shape index (κ3) is 3.36. The number of aryl methyl sites for hydroxylation is 2. The molecule has 0 fully saturated rings. The molecule has 20 heavy (non-hydrogen) atoms. The molecule has 0 saturated carbocycles. The standard InChI is InChI=1S/C17H18N2O/c1-3-4-5-14-6-8-15(9-7-14)20-17-16(12-18)13(2)10-11-19-17/h6-11H,3-5H2,1-2H3. The van der Waals surface area contributed by atoms with Crippen molar-refractivity contribution in [1.82, 2.24) is 4.98 Å². The molecule has 0 N–H and O–H groups in total. The minimum absolute atomic E-state index is 0.369. The average molecular weight is 266 g/mol. The van der Waals surface area contributed by atoms with Gasteiger partial charge >= 0.3 is 0 Å². The summed E-state index contributed by atoms with van der Waals surface area (Å²) in [6, 6.07) is 11.9. The number of rotatable bonds is 5. The molecule has 0 aliphatic heterocycles. The molecule has 0 amide bonds. The van der Waals surface area contributed by atoms with Crippen LogP contribution in [0.4, 0.5) is 0 Å². The van der Waals surface area contributed by atoms with Crippen LogP contribution in [0.1, 0.15) is 36.5 Å². The molecule has 0 atom stereocenters. The lowest BCUT2D eigenvalue weighted by Gasteiger charge is -2.08. The minimum atomic E-state index is 0.369. The molecule has 0 saturated heterocycles. The van der Waals surface area contributed by atoms with Crippen molar-refractivity contribution >= 4 is 0 Å². The number of nitrogens with zero attached hydrogens (tertiary/aromatic N) is 2. The Bertz CT molecular complexity index is 612. The Hall–Kier alpha value is -2.34. The van der Waals surface area contributed by atoms with Gasteiger partial charge in [0.15, 0.2) is 0 Å². The number of pyridine rings is 1. The van der Waals surface area contributed by atoms with Gasteiger partial charge in [-0.3, -0.25) is 0 Å². The summed E-state index contributed by atoms with van der Waals surface area (Å²) in [5.41, 5.74) is 2.66.